The molecular weight excluding hydrogens is 366 g/mol. The molecule has 0 bridgehead atoms. The molecule has 0 aliphatic carbocycles. The van der Waals surface area contributed by atoms with Gasteiger partial charge in [0.15, 0.2) is 6.17 Å². The maximum atomic E-state index is 12.8. The number of guanidine groups is 1. The van der Waals surface area contributed by atoms with Crippen LogP contribution in [0.3, 0.4) is 0 Å². The Morgan fingerprint density at radius 3 is 2.72 bits per heavy atom. The zero-order valence-electron chi connectivity index (χ0n) is 16.9. The van der Waals surface area contributed by atoms with Crippen LogP contribution in [0.25, 0.3) is 0 Å². The fraction of sp³-hybridized carbons (Fsp3) is 0.227. The molecule has 4 rings (SSSR count). The van der Waals surface area contributed by atoms with Gasteiger partial charge in [0.05, 0.1) is 7.11 Å². The Bertz CT molecular complexity index is 1170. The molecular formula is C22H24N5O2+. The minimum absolute atomic E-state index is 0.133. The van der Waals surface area contributed by atoms with Crippen LogP contribution in [0.5, 0.6) is 5.75 Å². The van der Waals surface area contributed by atoms with Crippen LogP contribution in [0.4, 0.5) is 11.6 Å². The highest BCUT2D eigenvalue weighted by Gasteiger charge is 2.29. The molecule has 148 valence electrons. The summed E-state index contributed by atoms with van der Waals surface area (Å²) in [7, 11) is 1.62. The van der Waals surface area contributed by atoms with Crippen molar-refractivity contribution in [3.8, 4) is 5.75 Å². The second-order valence-electron chi connectivity index (χ2n) is 7.13. The third kappa shape index (κ3) is 3.59. The average molecular weight is 390 g/mol. The van der Waals surface area contributed by atoms with Crippen molar-refractivity contribution in [2.24, 2.45) is 0 Å². The number of aromatic nitrogens is 2. The lowest BCUT2D eigenvalue weighted by Crippen LogP contribution is -2.82. The highest BCUT2D eigenvalue weighted by molar-refractivity contribution is 5.99. The normalized spacial score (nSPS) is 15.2. The molecule has 0 saturated heterocycles. The monoisotopic (exact) mass is 390 g/mol. The highest BCUT2D eigenvalue weighted by Crippen LogP contribution is 2.22. The van der Waals surface area contributed by atoms with Gasteiger partial charge < -0.3 is 4.74 Å². The molecule has 1 aliphatic heterocycles. The van der Waals surface area contributed by atoms with Gasteiger partial charge in [-0.15, -0.1) is 0 Å². The van der Waals surface area contributed by atoms with Crippen LogP contribution < -0.4 is 25.9 Å². The van der Waals surface area contributed by atoms with E-state index < -0.39 is 6.17 Å². The van der Waals surface area contributed by atoms with Crippen LogP contribution in [0.2, 0.25) is 0 Å². The summed E-state index contributed by atoms with van der Waals surface area (Å²) in [5, 5.41) is 6.62. The van der Waals surface area contributed by atoms with E-state index in [2.05, 4.69) is 40.5 Å². The van der Waals surface area contributed by atoms with E-state index in [0.717, 1.165) is 22.6 Å². The first-order chi connectivity index (χ1) is 14.0. The summed E-state index contributed by atoms with van der Waals surface area (Å²) in [5.74, 6) is 1.86. The number of methoxy groups -OCH3 is 1. The summed E-state index contributed by atoms with van der Waals surface area (Å²) in [4.78, 5) is 20.7. The van der Waals surface area contributed by atoms with Gasteiger partial charge in [-0.2, -0.15) is 0 Å². The maximum absolute atomic E-state index is 12.8. The van der Waals surface area contributed by atoms with Crippen molar-refractivity contribution in [3.63, 3.8) is 0 Å². The van der Waals surface area contributed by atoms with E-state index in [9.17, 15) is 4.79 Å². The van der Waals surface area contributed by atoms with Crippen molar-refractivity contribution in [3.05, 3.63) is 81.3 Å². The lowest BCUT2D eigenvalue weighted by atomic mass is 10.1. The van der Waals surface area contributed by atoms with Crippen LogP contribution in [-0.4, -0.2) is 22.6 Å². The molecule has 1 aromatic heterocycles. The van der Waals surface area contributed by atoms with E-state index in [1.54, 1.807) is 11.7 Å². The van der Waals surface area contributed by atoms with Crippen LogP contribution in [0.1, 0.15) is 28.6 Å². The van der Waals surface area contributed by atoms with E-state index in [-0.39, 0.29) is 5.56 Å². The molecule has 0 saturated carbocycles. The van der Waals surface area contributed by atoms with E-state index >= 15 is 0 Å². The van der Waals surface area contributed by atoms with Crippen LogP contribution in [-0.2, 0) is 0 Å². The molecule has 0 radical (unpaired) electrons. The third-order valence-electron chi connectivity index (χ3n) is 5.13. The Morgan fingerprint density at radius 2 is 1.93 bits per heavy atom. The van der Waals surface area contributed by atoms with Crippen LogP contribution >= 0.6 is 0 Å². The van der Waals surface area contributed by atoms with Crippen molar-refractivity contribution in [1.29, 1.82) is 0 Å². The van der Waals surface area contributed by atoms with Gasteiger partial charge in [-0.1, -0.05) is 24.3 Å². The molecule has 0 spiro atoms. The lowest BCUT2D eigenvalue weighted by molar-refractivity contribution is -0.520. The summed E-state index contributed by atoms with van der Waals surface area (Å²) < 4.78 is 6.97. The number of nitrogens with one attached hydrogen (secondary N) is 3. The Kier molecular flexibility index (Phi) is 4.80. The number of hydrogen-bond acceptors (Lipinski definition) is 5. The molecule has 0 fully saturated rings. The standard InChI is InChI=1S/C22H23N5O2/c1-13-7-5-10-18(15(13)3)24-21-25-20(16-8-6-9-17(12-16)29-4)27-19(28)11-14(2)23-22(27)26-21/h5-12,20H,1-4H3,(H2,23,24,25,26)/p+1/t20-/m1/s1. The van der Waals surface area contributed by atoms with Crippen LogP contribution in [0, 0.1) is 20.8 Å². The van der Waals surface area contributed by atoms with Crippen molar-refractivity contribution in [2.45, 2.75) is 26.9 Å². The molecule has 2 aromatic carbocycles. The smallest absolute Gasteiger partial charge is 0.357 e. The summed E-state index contributed by atoms with van der Waals surface area (Å²) >= 11 is 0. The van der Waals surface area contributed by atoms with Gasteiger partial charge >= 0.3 is 5.96 Å². The number of benzene rings is 2. The number of aryl methyl sites for hydroxylation is 2. The van der Waals surface area contributed by atoms with E-state index in [4.69, 9.17) is 4.74 Å². The van der Waals surface area contributed by atoms with E-state index in [1.807, 2.05) is 43.3 Å². The zero-order chi connectivity index (χ0) is 20.5. The molecule has 2 heterocycles. The van der Waals surface area contributed by atoms with E-state index in [1.165, 1.54) is 11.6 Å². The summed E-state index contributed by atoms with van der Waals surface area (Å²) in [5.41, 5.74) is 4.74. The predicted octanol–water partition coefficient (Wildman–Crippen LogP) is 1.70. The van der Waals surface area contributed by atoms with E-state index in [0.29, 0.717) is 17.6 Å². The first-order valence-electron chi connectivity index (χ1n) is 9.44. The van der Waals surface area contributed by atoms with Crippen LogP contribution in [0.15, 0.2) is 53.3 Å². The molecule has 7 heteroatoms. The number of nitrogens with zero attached hydrogens (tertiary/aromatic N) is 2. The van der Waals surface area contributed by atoms with Gasteiger partial charge in [-0.05, 0) is 50.1 Å². The molecule has 7 nitrogen and oxygen atoms in total. The molecule has 1 aliphatic rings. The summed E-state index contributed by atoms with van der Waals surface area (Å²) in [6.45, 7) is 5.96. The topological polar surface area (TPSA) is 82.2 Å². The van der Waals surface area contributed by atoms with Gasteiger partial charge in [-0.25, -0.2) is 20.2 Å². The number of fused-ring (bicyclic) bond motifs is 1. The average Bonchev–Trinajstić information content (AvgIpc) is 2.70. The Hall–Kier alpha value is -3.61. The van der Waals surface area contributed by atoms with Crippen molar-refractivity contribution in [1.82, 2.24) is 9.55 Å². The van der Waals surface area contributed by atoms with Gasteiger partial charge in [0.2, 0.25) is 0 Å². The van der Waals surface area contributed by atoms with Crippen molar-refractivity contribution < 1.29 is 9.73 Å². The van der Waals surface area contributed by atoms with Gasteiger partial charge in [0.25, 0.3) is 11.5 Å². The number of rotatable bonds is 3. The zero-order valence-corrected chi connectivity index (χ0v) is 16.9. The Balaban J connectivity index is 1.82. The maximum Gasteiger partial charge on any atom is 0.357 e. The molecule has 3 N–H and O–H groups in total. The number of hydrogen-bond donors (Lipinski definition) is 3. The van der Waals surface area contributed by atoms with Gasteiger partial charge in [0, 0.05) is 17.3 Å². The van der Waals surface area contributed by atoms with Gasteiger partial charge in [0.1, 0.15) is 11.4 Å². The number of ether oxygens (including phenoxy) is 1. The first-order valence-corrected chi connectivity index (χ1v) is 9.44. The fourth-order valence-electron chi connectivity index (χ4n) is 3.43. The molecule has 0 unspecified atom stereocenters. The number of anilines is 2. The SMILES string of the molecule is COc1cccc([C@@H]2[NH+]=C(Nc3cccc(C)c3C)Nc3nc(C)cc(=O)n32)c1. The predicted molar refractivity (Wildman–Crippen MR) is 113 cm³/mol. The third-order valence-corrected chi connectivity index (χ3v) is 5.13. The minimum atomic E-state index is -0.436. The molecule has 0 amide bonds. The Morgan fingerprint density at radius 1 is 1.14 bits per heavy atom. The summed E-state index contributed by atoms with van der Waals surface area (Å²) in [6.07, 6.45) is -0.436. The second kappa shape index (κ2) is 7.43. The Labute approximate surface area is 169 Å². The van der Waals surface area contributed by atoms with Crippen molar-refractivity contribution >= 4 is 17.6 Å². The fourth-order valence-corrected chi connectivity index (χ4v) is 3.43. The molecule has 29 heavy (non-hydrogen) atoms. The highest BCUT2D eigenvalue weighted by atomic mass is 16.5. The first kappa shape index (κ1) is 18.7. The largest absolute Gasteiger partial charge is 0.497 e. The quantitative estimate of drug-likeness (QED) is 0.634. The molecule has 1 atom stereocenters. The van der Waals surface area contributed by atoms with Crippen molar-refractivity contribution in [2.75, 3.05) is 17.7 Å². The second-order valence-corrected chi connectivity index (χ2v) is 7.13. The lowest BCUT2D eigenvalue weighted by Gasteiger charge is -2.23. The summed E-state index contributed by atoms with van der Waals surface area (Å²) in [6, 6.07) is 15.3. The van der Waals surface area contributed by atoms with Gasteiger partial charge in [-0.3, -0.25) is 9.79 Å². The minimum Gasteiger partial charge on any atom is -0.497 e. The molecule has 3 aromatic rings.